The van der Waals surface area contributed by atoms with Crippen molar-refractivity contribution in [3.05, 3.63) is 0 Å². The first-order chi connectivity index (χ1) is 26.9. The first-order valence-electron chi connectivity index (χ1n) is 19.5. The molecule has 0 aliphatic rings. The summed E-state index contributed by atoms with van der Waals surface area (Å²) in [6.07, 6.45) is 7.65. The van der Waals surface area contributed by atoms with Gasteiger partial charge in [-0.05, 0) is 44.9 Å². The summed E-state index contributed by atoms with van der Waals surface area (Å²) in [6.45, 7) is 5.94. The minimum Gasteiger partial charge on any atom is -0.465 e. The quantitative estimate of drug-likeness (QED) is 0.0405. The number of hydrogen-bond donors (Lipinski definition) is 4. The van der Waals surface area contributed by atoms with Crippen LogP contribution < -0.4 is 21.3 Å². The molecular weight excluding hydrogens is 787 g/mol. The first kappa shape index (κ1) is 53.5. The molecule has 0 aromatic rings. The lowest BCUT2D eigenvalue weighted by Gasteiger charge is -2.24. The van der Waals surface area contributed by atoms with E-state index >= 15 is 0 Å². The maximum atomic E-state index is 12.6. The predicted molar refractivity (Wildman–Crippen MR) is 218 cm³/mol. The van der Waals surface area contributed by atoms with Crippen LogP contribution in [0.5, 0.6) is 0 Å². The largest absolute Gasteiger partial charge is 0.500 e. The highest BCUT2D eigenvalue weighted by Gasteiger charge is 2.38. The van der Waals surface area contributed by atoms with Crippen LogP contribution >= 0.6 is 11.8 Å². The third kappa shape index (κ3) is 24.3. The number of amides is 6. The Morgan fingerprint density at radius 3 is 1.59 bits per heavy atom. The molecule has 56 heavy (non-hydrogen) atoms. The molecule has 21 heteroatoms. The van der Waals surface area contributed by atoms with Crippen LogP contribution in [0.15, 0.2) is 0 Å². The smallest absolute Gasteiger partial charge is 0.465 e. The van der Waals surface area contributed by atoms with Gasteiger partial charge in [0.15, 0.2) is 0 Å². The highest BCUT2D eigenvalue weighted by molar-refractivity contribution is 8.00. The molecule has 0 fully saturated rings. The molecule has 0 radical (unpaired) electrons. The SMILES string of the molecule is CCC(SCCOC(=O)NCCCCCCNC(=O)N(CCCCCCNC(=O)NCCC[Si](OC)(OC)OC)C(C)=O)C(=O)OCCC[Si](OC)(OC)OC. The van der Waals surface area contributed by atoms with Gasteiger partial charge in [0.25, 0.3) is 0 Å². The molecule has 1 unspecified atom stereocenters. The number of hydrogen-bond acceptors (Lipinski definition) is 14. The maximum absolute atomic E-state index is 12.6. The number of urea groups is 2. The standard InChI is InChI=1S/C35H71N5O13SSi2/c1-9-31(32(42)52-25-19-29-56(49-6,50-7)51-8)54-27-26-53-35(45)39-22-16-11-10-15-21-38-34(44)40(30(2)41)24-17-13-12-14-20-36-33(43)37-23-18-28-55(46-3,47-4)48-5/h31H,9-29H2,1-8H3,(H,38,44)(H,39,45)(H2,36,37,43). The Bertz CT molecular complexity index is 1080. The molecule has 1 atom stereocenters. The van der Waals surface area contributed by atoms with Gasteiger partial charge in [-0.3, -0.25) is 14.5 Å². The number of carbonyl (C=O) groups excluding carboxylic acids is 5. The number of alkyl carbamates (subject to hydrolysis) is 1. The monoisotopic (exact) mass is 857 g/mol. The highest BCUT2D eigenvalue weighted by Crippen LogP contribution is 2.18. The number of rotatable bonds is 34. The second-order valence-corrected chi connectivity index (χ2v) is 20.2. The summed E-state index contributed by atoms with van der Waals surface area (Å²) in [5, 5.41) is 10.8. The van der Waals surface area contributed by atoms with Crippen molar-refractivity contribution in [1.82, 2.24) is 26.2 Å². The highest BCUT2D eigenvalue weighted by atomic mass is 32.2. The Labute approximate surface area is 340 Å². The van der Waals surface area contributed by atoms with Gasteiger partial charge in [0.1, 0.15) is 11.9 Å². The third-order valence-electron chi connectivity index (χ3n) is 8.82. The Hall–Kier alpha value is -2.51. The van der Waals surface area contributed by atoms with E-state index in [1.54, 1.807) is 42.7 Å². The van der Waals surface area contributed by atoms with Gasteiger partial charge >= 0.3 is 41.7 Å². The zero-order valence-electron chi connectivity index (χ0n) is 35.1. The molecule has 0 saturated heterocycles. The van der Waals surface area contributed by atoms with E-state index in [0.717, 1.165) is 44.9 Å². The molecule has 4 N–H and O–H groups in total. The summed E-state index contributed by atoms with van der Waals surface area (Å²) in [5.74, 6) is -0.144. The Kier molecular flexibility index (Phi) is 32.0. The van der Waals surface area contributed by atoms with Crippen LogP contribution in [0.4, 0.5) is 14.4 Å². The summed E-state index contributed by atoms with van der Waals surface area (Å²) in [6, 6.07) is 0.503. The van der Waals surface area contributed by atoms with Crippen LogP contribution in [-0.2, 0) is 45.6 Å². The van der Waals surface area contributed by atoms with E-state index in [1.807, 2.05) is 6.92 Å². The molecule has 18 nitrogen and oxygen atoms in total. The second-order valence-electron chi connectivity index (χ2n) is 12.7. The Morgan fingerprint density at radius 1 is 0.589 bits per heavy atom. The van der Waals surface area contributed by atoms with E-state index in [-0.39, 0.29) is 36.4 Å². The molecule has 0 aliphatic carbocycles. The normalized spacial score (nSPS) is 12.1. The van der Waals surface area contributed by atoms with E-state index in [2.05, 4.69) is 21.3 Å². The summed E-state index contributed by atoms with van der Waals surface area (Å²) in [7, 11) is 3.97. The molecule has 0 aromatic carbocycles. The first-order valence-corrected chi connectivity index (χ1v) is 24.4. The fraction of sp³-hybridized carbons (Fsp3) is 0.857. The van der Waals surface area contributed by atoms with Gasteiger partial charge < -0.3 is 57.3 Å². The van der Waals surface area contributed by atoms with Crippen molar-refractivity contribution < 1.29 is 60.0 Å². The minimum absolute atomic E-state index is 0.170. The Morgan fingerprint density at radius 2 is 1.07 bits per heavy atom. The lowest BCUT2D eigenvalue weighted by Crippen LogP contribution is -2.44. The van der Waals surface area contributed by atoms with Crippen LogP contribution in [0.3, 0.4) is 0 Å². The molecular formula is C35H71N5O13SSi2. The lowest BCUT2D eigenvalue weighted by atomic mass is 10.2. The lowest BCUT2D eigenvalue weighted by molar-refractivity contribution is -0.143. The van der Waals surface area contributed by atoms with Gasteiger partial charge in [-0.15, -0.1) is 11.8 Å². The molecule has 0 saturated carbocycles. The van der Waals surface area contributed by atoms with Crippen molar-refractivity contribution >= 4 is 59.4 Å². The van der Waals surface area contributed by atoms with Crippen molar-refractivity contribution in [1.29, 1.82) is 0 Å². The van der Waals surface area contributed by atoms with E-state index in [9.17, 15) is 24.0 Å². The second kappa shape index (κ2) is 33.5. The van der Waals surface area contributed by atoms with E-state index in [1.165, 1.54) is 23.6 Å². The summed E-state index contributed by atoms with van der Waals surface area (Å²) in [5.41, 5.74) is 0. The number of ether oxygens (including phenoxy) is 2. The zero-order chi connectivity index (χ0) is 42.1. The van der Waals surface area contributed by atoms with Crippen molar-refractivity contribution in [2.75, 3.05) is 94.3 Å². The number of esters is 1. The van der Waals surface area contributed by atoms with Gasteiger partial charge in [0.05, 0.1) is 6.61 Å². The van der Waals surface area contributed by atoms with Crippen molar-refractivity contribution in [3.63, 3.8) is 0 Å². The minimum atomic E-state index is -2.70. The fourth-order valence-corrected chi connectivity index (χ4v) is 9.72. The van der Waals surface area contributed by atoms with Crippen LogP contribution in [-0.4, -0.2) is 152 Å². The van der Waals surface area contributed by atoms with Crippen LogP contribution in [0.1, 0.15) is 84.5 Å². The van der Waals surface area contributed by atoms with Crippen molar-refractivity contribution in [2.45, 2.75) is 102 Å². The van der Waals surface area contributed by atoms with Crippen LogP contribution in [0.2, 0.25) is 12.1 Å². The zero-order valence-corrected chi connectivity index (χ0v) is 37.9. The predicted octanol–water partition coefficient (Wildman–Crippen LogP) is 4.28. The molecule has 6 amide bonds. The van der Waals surface area contributed by atoms with Gasteiger partial charge in [-0.1, -0.05) is 32.6 Å². The number of imide groups is 1. The number of unbranched alkanes of at least 4 members (excludes halogenated alkanes) is 6. The summed E-state index contributed by atoms with van der Waals surface area (Å²) in [4.78, 5) is 62.4. The van der Waals surface area contributed by atoms with Gasteiger partial charge in [-0.25, -0.2) is 14.4 Å². The van der Waals surface area contributed by atoms with Crippen molar-refractivity contribution in [3.8, 4) is 0 Å². The molecule has 0 bridgehead atoms. The number of thioether (sulfide) groups is 1. The molecule has 0 rings (SSSR count). The summed E-state index contributed by atoms with van der Waals surface area (Å²) >= 11 is 1.39. The number of nitrogens with one attached hydrogen (secondary N) is 4. The van der Waals surface area contributed by atoms with Gasteiger partial charge in [0, 0.05) is 100 Å². The van der Waals surface area contributed by atoms with E-state index in [4.69, 9.17) is 36.0 Å². The summed E-state index contributed by atoms with van der Waals surface area (Å²) < 4.78 is 42.9. The number of nitrogens with zero attached hydrogens (tertiary/aromatic N) is 1. The number of carbonyl (C=O) groups is 5. The van der Waals surface area contributed by atoms with Gasteiger partial charge in [-0.2, -0.15) is 0 Å². The molecule has 0 aliphatic heterocycles. The molecule has 0 spiro atoms. The average molecular weight is 858 g/mol. The molecule has 328 valence electrons. The topological polar surface area (TPSA) is 211 Å². The van der Waals surface area contributed by atoms with Crippen molar-refractivity contribution in [2.24, 2.45) is 0 Å². The van der Waals surface area contributed by atoms with Crippen LogP contribution in [0.25, 0.3) is 0 Å². The Balaban J connectivity index is 3.96. The third-order valence-corrected chi connectivity index (χ3v) is 15.8. The van der Waals surface area contributed by atoms with Gasteiger partial charge in [0.2, 0.25) is 5.91 Å². The fourth-order valence-electron chi connectivity index (χ4n) is 5.40. The van der Waals surface area contributed by atoms with E-state index < -0.39 is 29.7 Å². The maximum Gasteiger partial charge on any atom is 0.500 e. The van der Waals surface area contributed by atoms with Crippen LogP contribution in [0, 0.1) is 0 Å². The average Bonchev–Trinajstić information content (AvgIpc) is 3.20. The molecule has 0 heterocycles. The van der Waals surface area contributed by atoms with E-state index in [0.29, 0.717) is 76.2 Å². The molecule has 0 aromatic heterocycles.